The molecule has 2 aromatic rings. The van der Waals surface area contributed by atoms with E-state index in [0.717, 1.165) is 0 Å². The molecular weight excluding hydrogens is 937 g/mol. The smallest absolute Gasteiger partial charge is 0.339 e. The van der Waals surface area contributed by atoms with Crippen LogP contribution in [-0.4, -0.2) is 63.0 Å². The molecule has 40 heavy (non-hydrogen) atoms. The predicted molar refractivity (Wildman–Crippen MR) is 143 cm³/mol. The number of hydrogen-bond acceptors (Lipinski definition) is 11. The summed E-state index contributed by atoms with van der Waals surface area (Å²) in [6.07, 6.45) is -5.88. The van der Waals surface area contributed by atoms with Gasteiger partial charge in [-0.25, -0.2) is 22.0 Å². The third-order valence-electron chi connectivity index (χ3n) is 6.26. The van der Waals surface area contributed by atoms with Gasteiger partial charge in [0.25, 0.3) is 10.1 Å². The minimum absolute atomic E-state index is 0.0970. The van der Waals surface area contributed by atoms with E-state index in [1.54, 1.807) is 6.07 Å². The van der Waals surface area contributed by atoms with Gasteiger partial charge >= 0.3 is 11.9 Å². The topological polar surface area (TPSA) is 162 Å². The van der Waals surface area contributed by atoms with E-state index in [9.17, 15) is 48.5 Å². The van der Waals surface area contributed by atoms with E-state index in [4.69, 9.17) is 13.7 Å². The van der Waals surface area contributed by atoms with Crippen LogP contribution in [-0.2, 0) is 38.7 Å². The third kappa shape index (κ3) is 4.82. The molecule has 216 valence electrons. The quantitative estimate of drug-likeness (QED) is 0.0825. The lowest BCUT2D eigenvalue weighted by Crippen LogP contribution is -2.50. The Hall–Kier alpha value is -0.930. The number of carbonyl (C=O) groups excluding carboxylic acids is 2. The maximum absolute atomic E-state index is 14.4. The summed E-state index contributed by atoms with van der Waals surface area (Å²) in [7, 11) is -10.6. The van der Waals surface area contributed by atoms with Crippen LogP contribution in [0.3, 0.4) is 0 Å². The highest BCUT2D eigenvalue weighted by molar-refractivity contribution is 14.1. The molecule has 3 aliphatic heterocycles. The van der Waals surface area contributed by atoms with Crippen molar-refractivity contribution in [3.63, 3.8) is 0 Å². The molecular formula is C20H8F4I3O11S2-. The van der Waals surface area contributed by atoms with E-state index >= 15 is 0 Å². The SMILES string of the molecule is O=C(OC1C2OS(=O)(=O)C3C2OC1C3C(=O)Oc1c(F)c(F)c(S(=O)(=O)[O-])c(F)c1F)c1cc(I)cc(I)c1I. The first-order chi connectivity index (χ1) is 18.5. The van der Waals surface area contributed by atoms with Crippen LogP contribution in [0.1, 0.15) is 10.4 Å². The Morgan fingerprint density at radius 2 is 1.55 bits per heavy atom. The van der Waals surface area contributed by atoms with Gasteiger partial charge < -0.3 is 18.8 Å². The number of halogens is 7. The highest BCUT2D eigenvalue weighted by Crippen LogP contribution is 2.52. The number of carbonyl (C=O) groups is 2. The van der Waals surface area contributed by atoms with E-state index in [1.807, 2.05) is 67.8 Å². The van der Waals surface area contributed by atoms with Crippen molar-refractivity contribution in [1.29, 1.82) is 0 Å². The predicted octanol–water partition coefficient (Wildman–Crippen LogP) is 2.59. The van der Waals surface area contributed by atoms with Crippen LogP contribution in [0.4, 0.5) is 17.6 Å². The van der Waals surface area contributed by atoms with Gasteiger partial charge in [-0.3, -0.25) is 8.98 Å². The van der Waals surface area contributed by atoms with Crippen LogP contribution in [0.2, 0.25) is 0 Å². The number of fused-ring (bicyclic) bond motifs is 1. The van der Waals surface area contributed by atoms with Gasteiger partial charge in [0.1, 0.15) is 44.5 Å². The molecule has 0 radical (unpaired) electrons. The fourth-order valence-corrected chi connectivity index (χ4v) is 9.51. The Balaban J connectivity index is 1.49. The van der Waals surface area contributed by atoms with Crippen molar-refractivity contribution in [2.24, 2.45) is 5.92 Å². The average molecular weight is 945 g/mol. The van der Waals surface area contributed by atoms with E-state index in [2.05, 4.69) is 4.74 Å². The summed E-state index contributed by atoms with van der Waals surface area (Å²) in [5.74, 6) is -17.2. The Morgan fingerprint density at radius 3 is 2.12 bits per heavy atom. The lowest BCUT2D eigenvalue weighted by molar-refractivity contribution is -0.143. The number of rotatable bonds is 5. The summed E-state index contributed by atoms with van der Waals surface area (Å²) >= 11 is 5.82. The standard InChI is InChI=1S/C20H9F4I3O11S2/c21-7-9(23)18(39(30,31)32)10(24)8(22)13(7)36-20(29)6-12-14(15-16(35-12)17(6)40(33,34)38-15)37-19(28)4-1-3(25)2-5(26)11(4)27/h1-2,6,12,14-17H,(H,30,31,32)/p-1. The van der Waals surface area contributed by atoms with Crippen LogP contribution in [0.5, 0.6) is 5.75 Å². The van der Waals surface area contributed by atoms with Gasteiger partial charge in [0.15, 0.2) is 17.7 Å². The number of ether oxygens (including phenoxy) is 3. The Labute approximate surface area is 262 Å². The molecule has 6 atom stereocenters. The molecule has 5 rings (SSSR count). The Bertz CT molecular complexity index is 1690. The van der Waals surface area contributed by atoms with E-state index < -0.39 is 102 Å². The van der Waals surface area contributed by atoms with Gasteiger partial charge in [0, 0.05) is 10.7 Å². The van der Waals surface area contributed by atoms with E-state index in [-0.39, 0.29) is 5.56 Å². The van der Waals surface area contributed by atoms with E-state index in [0.29, 0.717) is 10.7 Å². The molecule has 6 unspecified atom stereocenters. The zero-order chi connectivity index (χ0) is 29.6. The first-order valence-electron chi connectivity index (χ1n) is 10.4. The van der Waals surface area contributed by atoms with Crippen molar-refractivity contribution >= 4 is 99.9 Å². The fraction of sp³-hybridized carbons (Fsp3) is 0.300. The van der Waals surface area contributed by atoms with Gasteiger partial charge in [-0.05, 0) is 79.9 Å². The van der Waals surface area contributed by atoms with Crippen LogP contribution >= 0.6 is 67.8 Å². The van der Waals surface area contributed by atoms with Crippen molar-refractivity contribution in [2.75, 3.05) is 0 Å². The highest BCUT2D eigenvalue weighted by atomic mass is 127. The maximum Gasteiger partial charge on any atom is 0.339 e. The molecule has 11 nitrogen and oxygen atoms in total. The normalized spacial score (nSPS) is 28.1. The second-order valence-corrected chi connectivity index (χ2v) is 15.0. The van der Waals surface area contributed by atoms with Gasteiger partial charge in [0.2, 0.25) is 17.4 Å². The van der Waals surface area contributed by atoms with Crippen molar-refractivity contribution in [2.45, 2.75) is 34.6 Å². The summed E-state index contributed by atoms with van der Waals surface area (Å²) in [5, 5.41) is -1.80. The fourth-order valence-electron chi connectivity index (χ4n) is 4.69. The lowest BCUT2D eigenvalue weighted by atomic mass is 9.84. The third-order valence-corrected chi connectivity index (χ3v) is 12.5. The number of benzene rings is 2. The Morgan fingerprint density at radius 1 is 0.950 bits per heavy atom. The first kappa shape index (κ1) is 30.5. The monoisotopic (exact) mass is 945 g/mol. The minimum atomic E-state index is -6.04. The number of esters is 2. The van der Waals surface area contributed by atoms with Crippen LogP contribution < -0.4 is 4.74 Å². The molecule has 3 aliphatic rings. The van der Waals surface area contributed by atoms with Crippen LogP contribution in [0.15, 0.2) is 17.0 Å². The summed E-state index contributed by atoms with van der Waals surface area (Å²) < 4.78 is 138. The molecule has 0 N–H and O–H groups in total. The molecule has 2 aromatic carbocycles. The van der Waals surface area contributed by atoms with Gasteiger partial charge in [-0.15, -0.1) is 0 Å². The Kier molecular flexibility index (Phi) is 7.90. The zero-order valence-corrected chi connectivity index (χ0v) is 26.7. The van der Waals surface area contributed by atoms with Crippen molar-refractivity contribution in [1.82, 2.24) is 0 Å². The van der Waals surface area contributed by atoms with Crippen molar-refractivity contribution in [3.8, 4) is 5.75 Å². The van der Waals surface area contributed by atoms with E-state index in [1.165, 1.54) is 6.07 Å². The molecule has 20 heteroatoms. The van der Waals surface area contributed by atoms with Crippen LogP contribution in [0, 0.1) is 39.9 Å². The molecule has 0 spiro atoms. The minimum Gasteiger partial charge on any atom is -0.744 e. The molecule has 3 saturated heterocycles. The molecule has 2 bridgehead atoms. The average Bonchev–Trinajstić information content (AvgIpc) is 3.44. The second-order valence-electron chi connectivity index (χ2n) is 8.52. The summed E-state index contributed by atoms with van der Waals surface area (Å²) in [5.41, 5.74) is 0.0970. The van der Waals surface area contributed by atoms with Gasteiger partial charge in [-0.2, -0.15) is 17.2 Å². The summed E-state index contributed by atoms with van der Waals surface area (Å²) in [4.78, 5) is 23.5. The zero-order valence-electron chi connectivity index (χ0n) is 18.6. The molecule has 0 aromatic heterocycles. The van der Waals surface area contributed by atoms with Gasteiger partial charge in [-0.1, -0.05) is 0 Å². The maximum atomic E-state index is 14.4. The number of hydrogen-bond donors (Lipinski definition) is 0. The summed E-state index contributed by atoms with van der Waals surface area (Å²) in [6, 6.07) is 3.26. The molecule has 0 aliphatic carbocycles. The van der Waals surface area contributed by atoms with Crippen molar-refractivity contribution < 1.29 is 66.9 Å². The molecule has 0 saturated carbocycles. The first-order valence-corrected chi connectivity index (χ1v) is 16.5. The highest BCUT2D eigenvalue weighted by Gasteiger charge is 2.74. The summed E-state index contributed by atoms with van der Waals surface area (Å²) in [6.45, 7) is 0. The molecule has 3 fully saturated rings. The van der Waals surface area contributed by atoms with Crippen molar-refractivity contribution in [3.05, 3.63) is 51.7 Å². The molecule has 0 amide bonds. The largest absolute Gasteiger partial charge is 0.744 e. The van der Waals surface area contributed by atoms with Crippen LogP contribution in [0.25, 0.3) is 0 Å². The molecule has 3 heterocycles. The lowest BCUT2D eigenvalue weighted by Gasteiger charge is -2.27. The van der Waals surface area contributed by atoms with Gasteiger partial charge in [0.05, 0.1) is 5.56 Å². The second kappa shape index (κ2) is 10.4.